The predicted molar refractivity (Wildman–Crippen MR) is 96.9 cm³/mol. The third-order valence-corrected chi connectivity index (χ3v) is 5.22. The Morgan fingerprint density at radius 3 is 2.30 bits per heavy atom. The van der Waals surface area contributed by atoms with E-state index in [2.05, 4.69) is 5.32 Å². The lowest BCUT2D eigenvalue weighted by atomic mass is 10.1. The minimum Gasteiger partial charge on any atom is -0.325 e. The van der Waals surface area contributed by atoms with Gasteiger partial charge in [0.15, 0.2) is 5.78 Å². The standard InChI is InChI=1S/C17H15Cl2NO2S/c1-10(21)12-5-3-6-13(9-12)20-17(22)11(2)23-16-14(18)7-4-8-15(16)19/h3-9,11H,1-2H3,(H,20,22)/t11-/m0/s1. The van der Waals surface area contributed by atoms with Crippen LogP contribution in [0.2, 0.25) is 10.0 Å². The molecule has 2 aromatic carbocycles. The van der Waals surface area contributed by atoms with Crippen LogP contribution in [0.1, 0.15) is 24.2 Å². The molecule has 6 heteroatoms. The van der Waals surface area contributed by atoms with Crippen molar-refractivity contribution in [3.63, 3.8) is 0 Å². The largest absolute Gasteiger partial charge is 0.325 e. The van der Waals surface area contributed by atoms with Gasteiger partial charge in [0.2, 0.25) is 5.91 Å². The molecular formula is C17H15Cl2NO2S. The average molecular weight is 368 g/mol. The van der Waals surface area contributed by atoms with Crippen molar-refractivity contribution in [1.82, 2.24) is 0 Å². The Bertz CT molecular complexity index is 729. The van der Waals surface area contributed by atoms with Gasteiger partial charge in [-0.2, -0.15) is 0 Å². The minimum absolute atomic E-state index is 0.0497. The van der Waals surface area contributed by atoms with Crippen molar-refractivity contribution in [3.05, 3.63) is 58.1 Å². The summed E-state index contributed by atoms with van der Waals surface area (Å²) in [7, 11) is 0. The van der Waals surface area contributed by atoms with Gasteiger partial charge in [-0.15, -0.1) is 11.8 Å². The first-order chi connectivity index (χ1) is 10.9. The number of carbonyl (C=O) groups is 2. The Kier molecular flexibility index (Phi) is 6.10. The molecule has 0 fully saturated rings. The molecule has 0 saturated heterocycles. The molecule has 1 N–H and O–H groups in total. The fourth-order valence-corrected chi connectivity index (χ4v) is 3.43. The van der Waals surface area contributed by atoms with Gasteiger partial charge in [-0.05, 0) is 38.1 Å². The number of hydrogen-bond acceptors (Lipinski definition) is 3. The summed E-state index contributed by atoms with van der Waals surface area (Å²) in [6.07, 6.45) is 0. The van der Waals surface area contributed by atoms with Gasteiger partial charge >= 0.3 is 0 Å². The number of thioether (sulfide) groups is 1. The predicted octanol–water partition coefficient (Wildman–Crippen LogP) is 5.32. The number of Topliss-reactive ketones (excluding diaryl/α,β-unsaturated/α-hetero) is 1. The van der Waals surface area contributed by atoms with E-state index >= 15 is 0 Å². The van der Waals surface area contributed by atoms with Crippen LogP contribution in [-0.4, -0.2) is 16.9 Å². The highest BCUT2D eigenvalue weighted by molar-refractivity contribution is 8.00. The highest BCUT2D eigenvalue weighted by Gasteiger charge is 2.18. The maximum Gasteiger partial charge on any atom is 0.237 e. The number of nitrogens with one attached hydrogen (secondary N) is 1. The second kappa shape index (κ2) is 7.86. The fraction of sp³-hybridized carbons (Fsp3) is 0.176. The van der Waals surface area contributed by atoms with Crippen molar-refractivity contribution in [2.45, 2.75) is 24.0 Å². The maximum absolute atomic E-state index is 12.3. The number of benzene rings is 2. The van der Waals surface area contributed by atoms with E-state index in [-0.39, 0.29) is 11.7 Å². The molecule has 0 bridgehead atoms. The summed E-state index contributed by atoms with van der Waals surface area (Å²) in [5, 5.41) is 3.43. The minimum atomic E-state index is -0.395. The van der Waals surface area contributed by atoms with Crippen LogP contribution < -0.4 is 5.32 Å². The van der Waals surface area contributed by atoms with Crippen molar-refractivity contribution >= 4 is 52.3 Å². The van der Waals surface area contributed by atoms with Crippen LogP contribution in [-0.2, 0) is 4.79 Å². The van der Waals surface area contributed by atoms with Crippen molar-refractivity contribution in [3.8, 4) is 0 Å². The lowest BCUT2D eigenvalue weighted by Crippen LogP contribution is -2.22. The topological polar surface area (TPSA) is 46.2 Å². The van der Waals surface area contributed by atoms with Crippen molar-refractivity contribution in [2.75, 3.05) is 5.32 Å². The van der Waals surface area contributed by atoms with E-state index < -0.39 is 5.25 Å². The lowest BCUT2D eigenvalue weighted by molar-refractivity contribution is -0.115. The monoisotopic (exact) mass is 367 g/mol. The molecule has 0 saturated carbocycles. The highest BCUT2D eigenvalue weighted by Crippen LogP contribution is 2.36. The summed E-state index contributed by atoms with van der Waals surface area (Å²) in [6, 6.07) is 12.1. The van der Waals surface area contributed by atoms with Crippen LogP contribution in [0.4, 0.5) is 5.69 Å². The molecule has 0 unspecified atom stereocenters. The maximum atomic E-state index is 12.3. The summed E-state index contributed by atoms with van der Waals surface area (Å²) >= 11 is 13.5. The van der Waals surface area contributed by atoms with Crippen LogP contribution in [0.5, 0.6) is 0 Å². The van der Waals surface area contributed by atoms with Gasteiger partial charge in [0.25, 0.3) is 0 Å². The van der Waals surface area contributed by atoms with Crippen molar-refractivity contribution < 1.29 is 9.59 Å². The number of amides is 1. The van der Waals surface area contributed by atoms with Gasteiger partial charge < -0.3 is 5.32 Å². The van der Waals surface area contributed by atoms with E-state index in [1.807, 2.05) is 0 Å². The van der Waals surface area contributed by atoms with Crippen molar-refractivity contribution in [2.24, 2.45) is 0 Å². The zero-order valence-electron chi connectivity index (χ0n) is 12.6. The summed E-state index contributed by atoms with van der Waals surface area (Å²) in [4.78, 5) is 24.4. The lowest BCUT2D eigenvalue weighted by Gasteiger charge is -2.14. The molecule has 0 aliphatic heterocycles. The molecule has 2 aromatic rings. The van der Waals surface area contributed by atoms with E-state index in [0.717, 1.165) is 0 Å². The van der Waals surface area contributed by atoms with Crippen molar-refractivity contribution in [1.29, 1.82) is 0 Å². The molecular weight excluding hydrogens is 353 g/mol. The van der Waals surface area contributed by atoms with E-state index in [1.165, 1.54) is 18.7 Å². The Morgan fingerprint density at radius 2 is 1.70 bits per heavy atom. The van der Waals surface area contributed by atoms with Crippen LogP contribution in [0.15, 0.2) is 47.4 Å². The summed E-state index contributed by atoms with van der Waals surface area (Å²) in [6.45, 7) is 3.26. The molecule has 23 heavy (non-hydrogen) atoms. The molecule has 2 rings (SSSR count). The number of halogens is 2. The van der Waals surface area contributed by atoms with Crippen LogP contribution in [0.3, 0.4) is 0 Å². The molecule has 120 valence electrons. The Hall–Kier alpha value is -1.49. The highest BCUT2D eigenvalue weighted by atomic mass is 35.5. The Labute approximate surface area is 149 Å². The van der Waals surface area contributed by atoms with E-state index in [9.17, 15) is 9.59 Å². The molecule has 0 heterocycles. The summed E-state index contributed by atoms with van der Waals surface area (Å²) in [5.74, 6) is -0.238. The fourth-order valence-electron chi connectivity index (χ4n) is 1.89. The molecule has 3 nitrogen and oxygen atoms in total. The third-order valence-electron chi connectivity index (χ3n) is 3.12. The van der Waals surface area contributed by atoms with Crippen LogP contribution in [0.25, 0.3) is 0 Å². The number of rotatable bonds is 5. The molecule has 0 aliphatic rings. The Morgan fingerprint density at radius 1 is 1.09 bits per heavy atom. The van der Waals surface area contributed by atoms with Crippen LogP contribution in [0, 0.1) is 0 Å². The smallest absolute Gasteiger partial charge is 0.237 e. The molecule has 0 aliphatic carbocycles. The molecule has 0 radical (unpaired) electrons. The Balaban J connectivity index is 2.08. The second-order valence-electron chi connectivity index (χ2n) is 4.94. The first-order valence-electron chi connectivity index (χ1n) is 6.91. The number of hydrogen-bond donors (Lipinski definition) is 1. The molecule has 1 amide bonds. The normalized spacial score (nSPS) is 11.8. The first-order valence-corrected chi connectivity index (χ1v) is 8.54. The molecule has 0 spiro atoms. The van der Waals surface area contributed by atoms with E-state index in [0.29, 0.717) is 26.2 Å². The summed E-state index contributed by atoms with van der Waals surface area (Å²) in [5.41, 5.74) is 1.14. The SMILES string of the molecule is CC(=O)c1cccc(NC(=O)[C@H](C)Sc2c(Cl)cccc2Cl)c1. The van der Waals surface area contributed by atoms with Gasteiger partial charge in [-0.25, -0.2) is 0 Å². The number of anilines is 1. The quantitative estimate of drug-likeness (QED) is 0.574. The molecule has 1 atom stereocenters. The number of ketones is 1. The first kappa shape index (κ1) is 17.9. The van der Waals surface area contributed by atoms with Gasteiger partial charge in [-0.1, -0.05) is 41.4 Å². The van der Waals surface area contributed by atoms with E-state index in [4.69, 9.17) is 23.2 Å². The average Bonchev–Trinajstić information content (AvgIpc) is 2.51. The second-order valence-corrected chi connectivity index (χ2v) is 7.10. The zero-order chi connectivity index (χ0) is 17.0. The van der Waals surface area contributed by atoms with Gasteiger partial charge in [0.1, 0.15) is 0 Å². The number of carbonyl (C=O) groups excluding carboxylic acids is 2. The van der Waals surface area contributed by atoms with E-state index in [1.54, 1.807) is 49.4 Å². The van der Waals surface area contributed by atoms with Crippen LogP contribution >= 0.6 is 35.0 Å². The van der Waals surface area contributed by atoms with Gasteiger partial charge in [-0.3, -0.25) is 9.59 Å². The molecule has 0 aromatic heterocycles. The van der Waals surface area contributed by atoms with Gasteiger partial charge in [0.05, 0.1) is 15.3 Å². The summed E-state index contributed by atoms with van der Waals surface area (Å²) < 4.78 is 0. The zero-order valence-corrected chi connectivity index (χ0v) is 14.9. The third kappa shape index (κ3) is 4.74. The van der Waals surface area contributed by atoms with Gasteiger partial charge in [0, 0.05) is 16.1 Å².